The Morgan fingerprint density at radius 2 is 1.83 bits per heavy atom. The van der Waals surface area contributed by atoms with Crippen LogP contribution in [0.5, 0.6) is 0 Å². The zero-order chi connectivity index (χ0) is 32.4. The molecule has 1 saturated heterocycles. The minimum Gasteiger partial charge on any atom is -0.378 e. The number of halogens is 2. The second-order valence-electron chi connectivity index (χ2n) is 12.6. The molecule has 8 nitrogen and oxygen atoms in total. The van der Waals surface area contributed by atoms with Gasteiger partial charge in [0.05, 0.1) is 45.5 Å². The minimum atomic E-state index is -1.37. The van der Waals surface area contributed by atoms with Crippen LogP contribution in [-0.4, -0.2) is 52.4 Å². The Bertz CT molecular complexity index is 1900. The largest absolute Gasteiger partial charge is 0.378 e. The molecule has 2 atom stereocenters. The van der Waals surface area contributed by atoms with Gasteiger partial charge in [0.25, 0.3) is 0 Å². The maximum Gasteiger partial charge on any atom is 0.123 e. The van der Waals surface area contributed by atoms with E-state index in [1.807, 2.05) is 35.1 Å². The Morgan fingerprint density at radius 1 is 1.06 bits per heavy atom. The molecule has 47 heavy (non-hydrogen) atoms. The van der Waals surface area contributed by atoms with E-state index in [9.17, 15) is 9.65 Å². The van der Waals surface area contributed by atoms with Crippen LogP contribution in [0.2, 0.25) is 5.02 Å². The quantitative estimate of drug-likeness (QED) is 0.145. The Balaban J connectivity index is 1.28. The van der Waals surface area contributed by atoms with Crippen LogP contribution in [0.1, 0.15) is 73.0 Å². The summed E-state index contributed by atoms with van der Waals surface area (Å²) in [5.41, 5.74) is 3.06. The number of likely N-dealkylation sites (tertiary alicyclic amines) is 1. The van der Waals surface area contributed by atoms with Gasteiger partial charge in [-0.05, 0) is 80.6 Å². The number of nitrogens with zero attached hydrogens (tertiary/aromatic N) is 6. The lowest BCUT2D eigenvalue weighted by Gasteiger charge is -2.32. The van der Waals surface area contributed by atoms with E-state index in [0.717, 1.165) is 44.5 Å². The first kappa shape index (κ1) is 31.2. The predicted octanol–water partition coefficient (Wildman–Crippen LogP) is 7.34. The summed E-state index contributed by atoms with van der Waals surface area (Å²) >= 11 is 6.90. The second kappa shape index (κ2) is 13.3. The highest BCUT2D eigenvalue weighted by Crippen LogP contribution is 2.39. The maximum atomic E-state index is 14.0. The molecule has 0 unspecified atom stereocenters. The summed E-state index contributed by atoms with van der Waals surface area (Å²) in [6.45, 7) is 3.16. The van der Waals surface area contributed by atoms with Crippen molar-refractivity contribution < 1.29 is 4.39 Å². The molecule has 7 rings (SSSR count). The molecular formula is C36H35BClFN8. The predicted molar refractivity (Wildman–Crippen MR) is 184 cm³/mol. The fraction of sp³-hybridized carbons (Fsp3) is 0.333. The second-order valence-corrected chi connectivity index (χ2v) is 13.0. The fourth-order valence-electron chi connectivity index (χ4n) is 6.45. The zero-order valence-corrected chi connectivity index (χ0v) is 26.8. The summed E-state index contributed by atoms with van der Waals surface area (Å²) in [6.07, 6.45) is 10.1. The highest BCUT2D eigenvalue weighted by molar-refractivity contribution is 6.36. The summed E-state index contributed by atoms with van der Waals surface area (Å²) in [5, 5.41) is 27.3. The first-order valence-corrected chi connectivity index (χ1v) is 16.6. The molecule has 1 aliphatic heterocycles. The molecule has 11 heteroatoms. The van der Waals surface area contributed by atoms with Gasteiger partial charge in [-0.1, -0.05) is 65.7 Å². The number of hydrogen-bond acceptors (Lipinski definition) is 7. The lowest BCUT2D eigenvalue weighted by Crippen LogP contribution is -2.37. The molecule has 2 aliphatic rings. The maximum absolute atomic E-state index is 14.0. The van der Waals surface area contributed by atoms with Crippen LogP contribution in [0.15, 0.2) is 79.1 Å². The van der Waals surface area contributed by atoms with Gasteiger partial charge in [-0.15, -0.1) is 5.10 Å². The van der Waals surface area contributed by atoms with Crippen molar-refractivity contribution in [2.45, 2.75) is 56.0 Å². The Labute approximate surface area is 280 Å². The van der Waals surface area contributed by atoms with E-state index >= 15 is 0 Å². The van der Waals surface area contributed by atoms with Crippen molar-refractivity contribution in [2.75, 3.05) is 30.3 Å². The van der Waals surface area contributed by atoms with Crippen molar-refractivity contribution in [3.8, 4) is 6.07 Å². The number of benzene rings is 3. The molecule has 5 aromatic rings. The lowest BCUT2D eigenvalue weighted by molar-refractivity contribution is 0.223. The third-order valence-electron chi connectivity index (χ3n) is 9.22. The Morgan fingerprint density at radius 3 is 2.55 bits per heavy atom. The number of nitriles is 1. The smallest absolute Gasteiger partial charge is 0.123 e. The SMILES string of the molecule is [B][C@](Nc1cc(Cl)c2ncc(C#N)c(N[C@H](CCN3CCCCC3)c3ccccc3)c2c1)(c1ccc(F)cc1)c1cn(C2CC2)nn1. The summed E-state index contributed by atoms with van der Waals surface area (Å²) in [7, 11) is 7.13. The van der Waals surface area contributed by atoms with Gasteiger partial charge in [0.2, 0.25) is 0 Å². The zero-order valence-electron chi connectivity index (χ0n) is 26.0. The van der Waals surface area contributed by atoms with Crippen LogP contribution in [0.3, 0.4) is 0 Å². The molecule has 0 spiro atoms. The topological polar surface area (TPSA) is 94.7 Å². The molecule has 2 radical (unpaired) electrons. The van der Waals surface area contributed by atoms with Crippen molar-refractivity contribution in [3.63, 3.8) is 0 Å². The van der Waals surface area contributed by atoms with E-state index in [0.29, 0.717) is 50.2 Å². The molecule has 3 aromatic carbocycles. The van der Waals surface area contributed by atoms with E-state index in [-0.39, 0.29) is 11.9 Å². The van der Waals surface area contributed by atoms with Crippen molar-refractivity contribution >= 4 is 41.7 Å². The van der Waals surface area contributed by atoms with Crippen molar-refractivity contribution in [1.82, 2.24) is 24.9 Å². The van der Waals surface area contributed by atoms with E-state index < -0.39 is 5.44 Å². The Hall–Kier alpha value is -4.46. The first-order chi connectivity index (χ1) is 22.9. The van der Waals surface area contributed by atoms with Crippen LogP contribution in [-0.2, 0) is 5.44 Å². The number of hydrogen-bond donors (Lipinski definition) is 2. The molecule has 1 aliphatic carbocycles. The number of fused-ring (bicyclic) bond motifs is 1. The highest BCUT2D eigenvalue weighted by atomic mass is 35.5. The fourth-order valence-corrected chi connectivity index (χ4v) is 6.72. The molecule has 1 saturated carbocycles. The van der Waals surface area contributed by atoms with Gasteiger partial charge >= 0.3 is 0 Å². The monoisotopic (exact) mass is 644 g/mol. The molecule has 0 bridgehead atoms. The van der Waals surface area contributed by atoms with Gasteiger partial charge < -0.3 is 15.5 Å². The Kier molecular flexibility index (Phi) is 8.85. The summed E-state index contributed by atoms with van der Waals surface area (Å²) in [6, 6.07) is 22.6. The number of nitrogens with one attached hydrogen (secondary N) is 2. The van der Waals surface area contributed by atoms with Crippen molar-refractivity contribution in [1.29, 1.82) is 5.26 Å². The van der Waals surface area contributed by atoms with Crippen LogP contribution >= 0.6 is 11.6 Å². The summed E-state index contributed by atoms with van der Waals surface area (Å²) in [5.74, 6) is -0.370. The first-order valence-electron chi connectivity index (χ1n) is 16.2. The van der Waals surface area contributed by atoms with Crippen LogP contribution < -0.4 is 10.6 Å². The molecule has 2 aromatic heterocycles. The van der Waals surface area contributed by atoms with Gasteiger partial charge in [-0.3, -0.25) is 4.98 Å². The van der Waals surface area contributed by atoms with Gasteiger partial charge in [0, 0.05) is 23.8 Å². The van der Waals surface area contributed by atoms with Gasteiger partial charge in [-0.2, -0.15) is 5.26 Å². The number of piperidine rings is 1. The van der Waals surface area contributed by atoms with E-state index in [1.54, 1.807) is 24.4 Å². The number of pyridine rings is 1. The number of aromatic nitrogens is 4. The minimum absolute atomic E-state index is 0.0588. The highest BCUT2D eigenvalue weighted by Gasteiger charge is 2.34. The normalized spacial score (nSPS) is 17.1. The van der Waals surface area contributed by atoms with Crippen LogP contribution in [0.25, 0.3) is 10.9 Å². The molecule has 2 fully saturated rings. The summed E-state index contributed by atoms with van der Waals surface area (Å²) in [4.78, 5) is 7.10. The summed E-state index contributed by atoms with van der Waals surface area (Å²) < 4.78 is 15.8. The van der Waals surface area contributed by atoms with E-state index in [1.165, 1.54) is 31.4 Å². The lowest BCUT2D eigenvalue weighted by atomic mass is 9.69. The van der Waals surface area contributed by atoms with E-state index in [4.69, 9.17) is 19.4 Å². The van der Waals surface area contributed by atoms with Gasteiger partial charge in [-0.25, -0.2) is 9.07 Å². The average Bonchev–Trinajstić information content (AvgIpc) is 3.83. The molecule has 2 N–H and O–H groups in total. The molecular weight excluding hydrogens is 610 g/mol. The standard InChI is InChI=1S/C36H35BClFN8/c37-36(26-9-11-27(39)12-10-26,33-23-47(45-44-33)29-13-14-29)43-28-19-30-34(25(21-40)22-41-35(30)31(38)20-28)42-32(24-7-3-1-4-8-24)15-18-46-16-5-2-6-17-46/h1,3-4,7-12,19-20,22-23,29,32,43H,2,5-6,13-18H2,(H,41,42)/t32-,36+/m1/s1. The van der Waals surface area contributed by atoms with Crippen LogP contribution in [0, 0.1) is 17.1 Å². The molecule has 236 valence electrons. The van der Waals surface area contributed by atoms with Crippen molar-refractivity contribution in [3.05, 3.63) is 112 Å². The van der Waals surface area contributed by atoms with Crippen molar-refractivity contribution in [2.24, 2.45) is 0 Å². The average molecular weight is 645 g/mol. The molecule has 3 heterocycles. The van der Waals surface area contributed by atoms with E-state index in [2.05, 4.69) is 49.0 Å². The van der Waals surface area contributed by atoms with Gasteiger partial charge in [0.1, 0.15) is 25.4 Å². The third kappa shape index (κ3) is 6.69. The van der Waals surface area contributed by atoms with Crippen LogP contribution in [0.4, 0.5) is 15.8 Å². The molecule has 0 amide bonds. The number of anilines is 2. The van der Waals surface area contributed by atoms with Gasteiger partial charge in [0.15, 0.2) is 0 Å². The third-order valence-corrected chi connectivity index (χ3v) is 9.51. The number of rotatable bonds is 11.